The van der Waals surface area contributed by atoms with E-state index in [9.17, 15) is 0 Å². The SMILES string of the molecule is COc1ccccc1N1CCN(CCCn2nnc3cc(Cl)ccc32)CC1. The smallest absolute Gasteiger partial charge is 0.142 e. The highest BCUT2D eigenvalue weighted by molar-refractivity contribution is 6.31. The number of piperazine rings is 1. The molecule has 0 unspecified atom stereocenters. The van der Waals surface area contributed by atoms with Gasteiger partial charge in [0.05, 0.1) is 18.3 Å². The van der Waals surface area contributed by atoms with Gasteiger partial charge >= 0.3 is 0 Å². The van der Waals surface area contributed by atoms with Crippen molar-refractivity contribution in [2.45, 2.75) is 13.0 Å². The van der Waals surface area contributed by atoms with Crippen LogP contribution in [0.3, 0.4) is 0 Å². The fraction of sp³-hybridized carbons (Fsp3) is 0.400. The van der Waals surface area contributed by atoms with Gasteiger partial charge in [-0.15, -0.1) is 5.10 Å². The molecule has 1 aromatic heterocycles. The largest absolute Gasteiger partial charge is 0.495 e. The molecule has 0 saturated carbocycles. The molecule has 6 nitrogen and oxygen atoms in total. The molecule has 2 aromatic carbocycles. The van der Waals surface area contributed by atoms with Gasteiger partial charge < -0.3 is 9.64 Å². The zero-order valence-corrected chi connectivity index (χ0v) is 16.3. The molecule has 0 amide bonds. The van der Waals surface area contributed by atoms with E-state index in [0.717, 1.165) is 62.5 Å². The highest BCUT2D eigenvalue weighted by atomic mass is 35.5. The summed E-state index contributed by atoms with van der Waals surface area (Å²) >= 11 is 6.01. The number of anilines is 1. The molecule has 27 heavy (non-hydrogen) atoms. The van der Waals surface area contributed by atoms with Crippen LogP contribution in [0.1, 0.15) is 6.42 Å². The van der Waals surface area contributed by atoms with Crippen molar-refractivity contribution in [3.8, 4) is 5.75 Å². The lowest BCUT2D eigenvalue weighted by atomic mass is 10.2. The van der Waals surface area contributed by atoms with E-state index >= 15 is 0 Å². The van der Waals surface area contributed by atoms with Gasteiger partial charge in [-0.05, 0) is 36.8 Å². The first-order valence-electron chi connectivity index (χ1n) is 9.33. The Morgan fingerprint density at radius 1 is 1.04 bits per heavy atom. The average Bonchev–Trinajstić information content (AvgIpc) is 3.10. The number of nitrogens with zero attached hydrogens (tertiary/aromatic N) is 5. The van der Waals surface area contributed by atoms with Crippen LogP contribution in [0, 0.1) is 0 Å². The number of fused-ring (bicyclic) bond motifs is 1. The van der Waals surface area contributed by atoms with Crippen LogP contribution in [0.5, 0.6) is 5.75 Å². The molecule has 7 heteroatoms. The molecule has 3 aromatic rings. The number of benzene rings is 2. The van der Waals surface area contributed by atoms with Crippen molar-refractivity contribution < 1.29 is 4.74 Å². The molecule has 0 bridgehead atoms. The summed E-state index contributed by atoms with van der Waals surface area (Å²) in [5.74, 6) is 0.948. The maximum atomic E-state index is 6.01. The maximum Gasteiger partial charge on any atom is 0.142 e. The van der Waals surface area contributed by atoms with E-state index in [1.54, 1.807) is 7.11 Å². The molecule has 142 valence electrons. The molecule has 0 aliphatic carbocycles. The fourth-order valence-electron chi connectivity index (χ4n) is 3.66. The minimum Gasteiger partial charge on any atom is -0.495 e. The number of rotatable bonds is 6. The lowest BCUT2D eigenvalue weighted by molar-refractivity contribution is 0.248. The Balaban J connectivity index is 1.28. The second kappa shape index (κ2) is 8.15. The third-order valence-electron chi connectivity index (χ3n) is 5.12. The Labute approximate surface area is 164 Å². The first-order chi connectivity index (χ1) is 13.2. The number of hydrogen-bond donors (Lipinski definition) is 0. The quantitative estimate of drug-likeness (QED) is 0.651. The number of aryl methyl sites for hydroxylation is 1. The summed E-state index contributed by atoms with van der Waals surface area (Å²) < 4.78 is 7.46. The third kappa shape index (κ3) is 4.01. The minimum atomic E-state index is 0.697. The van der Waals surface area contributed by atoms with Gasteiger partial charge in [0.15, 0.2) is 0 Å². The third-order valence-corrected chi connectivity index (χ3v) is 5.35. The summed E-state index contributed by atoms with van der Waals surface area (Å²) in [5, 5.41) is 9.16. The van der Waals surface area contributed by atoms with E-state index < -0.39 is 0 Å². The highest BCUT2D eigenvalue weighted by Crippen LogP contribution is 2.28. The fourth-order valence-corrected chi connectivity index (χ4v) is 3.82. The lowest BCUT2D eigenvalue weighted by Gasteiger charge is -2.36. The van der Waals surface area contributed by atoms with Gasteiger partial charge in [0.2, 0.25) is 0 Å². The highest BCUT2D eigenvalue weighted by Gasteiger charge is 2.19. The molecule has 0 N–H and O–H groups in total. The molecular weight excluding hydrogens is 362 g/mol. The Morgan fingerprint density at radius 3 is 2.67 bits per heavy atom. The van der Waals surface area contributed by atoms with Crippen LogP contribution in [-0.4, -0.2) is 59.7 Å². The Bertz CT molecular complexity index is 904. The van der Waals surface area contributed by atoms with E-state index in [2.05, 4.69) is 32.2 Å². The minimum absolute atomic E-state index is 0.697. The first-order valence-corrected chi connectivity index (χ1v) is 9.71. The normalized spacial score (nSPS) is 15.4. The predicted octanol–water partition coefficient (Wildman–Crippen LogP) is 3.31. The molecule has 1 fully saturated rings. The van der Waals surface area contributed by atoms with Crippen LogP contribution in [0.4, 0.5) is 5.69 Å². The van der Waals surface area contributed by atoms with Crippen molar-refractivity contribution in [1.29, 1.82) is 0 Å². The van der Waals surface area contributed by atoms with Crippen LogP contribution in [0.25, 0.3) is 11.0 Å². The predicted molar refractivity (Wildman–Crippen MR) is 109 cm³/mol. The number of methoxy groups -OCH3 is 1. The first kappa shape index (κ1) is 18.1. The number of halogens is 1. The molecule has 1 saturated heterocycles. The van der Waals surface area contributed by atoms with Crippen molar-refractivity contribution in [2.75, 3.05) is 44.7 Å². The molecule has 0 radical (unpaired) electrons. The molecule has 2 heterocycles. The zero-order chi connectivity index (χ0) is 18.6. The maximum absolute atomic E-state index is 6.01. The lowest BCUT2D eigenvalue weighted by Crippen LogP contribution is -2.46. The van der Waals surface area contributed by atoms with Crippen LogP contribution in [0.2, 0.25) is 5.02 Å². The van der Waals surface area contributed by atoms with Gasteiger partial charge in [-0.1, -0.05) is 28.9 Å². The summed E-state index contributed by atoms with van der Waals surface area (Å²) in [4.78, 5) is 4.92. The van der Waals surface area contributed by atoms with Crippen LogP contribution in [-0.2, 0) is 6.54 Å². The molecule has 0 atom stereocenters. The van der Waals surface area contributed by atoms with Gasteiger partial charge in [0.25, 0.3) is 0 Å². The molecule has 0 spiro atoms. The number of ether oxygens (including phenoxy) is 1. The van der Waals surface area contributed by atoms with Crippen molar-refractivity contribution in [1.82, 2.24) is 19.9 Å². The summed E-state index contributed by atoms with van der Waals surface area (Å²) in [6.45, 7) is 6.09. The average molecular weight is 386 g/mol. The second-order valence-electron chi connectivity index (χ2n) is 6.80. The Hall–Kier alpha value is -2.31. The van der Waals surface area contributed by atoms with Crippen LogP contribution >= 0.6 is 11.6 Å². The number of aromatic nitrogens is 3. The van der Waals surface area contributed by atoms with Crippen molar-refractivity contribution in [3.63, 3.8) is 0 Å². The van der Waals surface area contributed by atoms with Gasteiger partial charge in [-0.25, -0.2) is 4.68 Å². The summed E-state index contributed by atoms with van der Waals surface area (Å²) in [6.07, 6.45) is 1.05. The molecule has 1 aliphatic rings. The van der Waals surface area contributed by atoms with Gasteiger partial charge in [-0.3, -0.25) is 4.90 Å². The van der Waals surface area contributed by atoms with E-state index in [0.29, 0.717) is 5.02 Å². The summed E-state index contributed by atoms with van der Waals surface area (Å²) in [7, 11) is 1.73. The topological polar surface area (TPSA) is 46.4 Å². The zero-order valence-electron chi connectivity index (χ0n) is 15.5. The second-order valence-corrected chi connectivity index (χ2v) is 7.24. The van der Waals surface area contributed by atoms with Gasteiger partial charge in [0.1, 0.15) is 11.3 Å². The monoisotopic (exact) mass is 385 g/mol. The summed E-state index contributed by atoms with van der Waals surface area (Å²) in [6, 6.07) is 14.0. The number of hydrogen-bond acceptors (Lipinski definition) is 5. The van der Waals surface area contributed by atoms with E-state index in [4.69, 9.17) is 16.3 Å². The Kier molecular flexibility index (Phi) is 5.45. The van der Waals surface area contributed by atoms with E-state index in [-0.39, 0.29) is 0 Å². The van der Waals surface area contributed by atoms with Crippen LogP contribution < -0.4 is 9.64 Å². The van der Waals surface area contributed by atoms with E-state index in [1.165, 1.54) is 5.69 Å². The van der Waals surface area contributed by atoms with Crippen molar-refractivity contribution >= 4 is 28.3 Å². The Morgan fingerprint density at radius 2 is 1.85 bits per heavy atom. The van der Waals surface area contributed by atoms with E-state index in [1.807, 2.05) is 35.0 Å². The molecule has 4 rings (SSSR count). The summed E-state index contributed by atoms with van der Waals surface area (Å²) in [5.41, 5.74) is 3.08. The molecular formula is C20H24ClN5O. The number of para-hydroxylation sites is 2. The van der Waals surface area contributed by atoms with Crippen LogP contribution in [0.15, 0.2) is 42.5 Å². The standard InChI is InChI=1S/C20H24ClN5O/c1-27-20-6-3-2-5-19(20)25-13-11-24(12-14-25)9-4-10-26-18-8-7-16(21)15-17(18)22-23-26/h2-3,5-8,15H,4,9-14H2,1H3. The van der Waals surface area contributed by atoms with Crippen molar-refractivity contribution in [2.24, 2.45) is 0 Å². The van der Waals surface area contributed by atoms with Gasteiger partial charge in [-0.2, -0.15) is 0 Å². The van der Waals surface area contributed by atoms with Gasteiger partial charge in [0, 0.05) is 44.3 Å². The molecule has 1 aliphatic heterocycles. The van der Waals surface area contributed by atoms with Crippen molar-refractivity contribution in [3.05, 3.63) is 47.5 Å².